The van der Waals surface area contributed by atoms with Crippen LogP contribution in [0.2, 0.25) is 0 Å². The van der Waals surface area contributed by atoms with Crippen LogP contribution in [0.15, 0.2) is 54.6 Å². The smallest absolute Gasteiger partial charge is 0.219 e. The van der Waals surface area contributed by atoms with Gasteiger partial charge in [0.2, 0.25) is 5.88 Å². The molecule has 0 aliphatic rings. The van der Waals surface area contributed by atoms with Crippen molar-refractivity contribution in [3.8, 4) is 17.4 Å². The zero-order chi connectivity index (χ0) is 13.1. The minimum absolute atomic E-state index is 0.545. The monoisotopic (exact) mass is 250 g/mol. The predicted octanol–water partition coefficient (Wildman–Crippen LogP) is 3.84. The molecular weight excluding hydrogens is 238 g/mol. The Hall–Kier alpha value is -2.55. The third kappa shape index (κ3) is 2.36. The quantitative estimate of drug-likeness (QED) is 0.707. The molecule has 2 aromatic carbocycles. The Kier molecular flexibility index (Phi) is 3.02. The summed E-state index contributed by atoms with van der Waals surface area (Å²) in [5.74, 6) is 1.88. The molecule has 0 unspecified atom stereocenters. The van der Waals surface area contributed by atoms with Gasteiger partial charge in [0.15, 0.2) is 11.5 Å². The van der Waals surface area contributed by atoms with Crippen molar-refractivity contribution in [3.05, 3.63) is 60.7 Å². The third-order valence-electron chi connectivity index (χ3n) is 2.79. The summed E-state index contributed by atoms with van der Waals surface area (Å²) in [4.78, 5) is 4.45. The van der Waals surface area contributed by atoms with E-state index in [1.54, 1.807) is 7.11 Å². The fourth-order valence-electron chi connectivity index (χ4n) is 1.86. The number of hydrogen-bond acceptors (Lipinski definition) is 3. The van der Waals surface area contributed by atoms with Gasteiger partial charge in [-0.15, -0.1) is 0 Å². The molecule has 0 aliphatic heterocycles. The minimum Gasteiger partial charge on any atom is -0.493 e. The molecule has 93 valence electrons. The first kappa shape index (κ1) is 11.5. The lowest BCUT2D eigenvalue weighted by Crippen LogP contribution is -1.92. The van der Waals surface area contributed by atoms with Gasteiger partial charge in [-0.3, -0.25) is 0 Å². The fourth-order valence-corrected chi connectivity index (χ4v) is 1.86. The van der Waals surface area contributed by atoms with E-state index < -0.39 is 0 Å². The van der Waals surface area contributed by atoms with Crippen molar-refractivity contribution in [1.82, 2.24) is 4.98 Å². The lowest BCUT2D eigenvalue weighted by molar-refractivity contribution is 0.374. The fraction of sp³-hybridized carbons (Fsp3) is 0.0625. The van der Waals surface area contributed by atoms with E-state index in [2.05, 4.69) is 11.1 Å². The first-order valence-corrected chi connectivity index (χ1v) is 5.94. The van der Waals surface area contributed by atoms with Crippen LogP contribution in [0.4, 0.5) is 0 Å². The van der Waals surface area contributed by atoms with Crippen LogP contribution in [0.1, 0.15) is 0 Å². The van der Waals surface area contributed by atoms with Crippen molar-refractivity contribution < 1.29 is 9.47 Å². The molecule has 1 heterocycles. The molecule has 0 saturated heterocycles. The Labute approximate surface area is 111 Å². The molecule has 0 aliphatic carbocycles. The van der Waals surface area contributed by atoms with Crippen molar-refractivity contribution in [1.29, 1.82) is 0 Å². The third-order valence-corrected chi connectivity index (χ3v) is 2.79. The molecule has 3 heteroatoms. The van der Waals surface area contributed by atoms with Gasteiger partial charge in [0, 0.05) is 11.5 Å². The molecular formula is C16H12NO2. The van der Waals surface area contributed by atoms with E-state index in [1.807, 2.05) is 54.6 Å². The first-order chi connectivity index (χ1) is 9.36. The number of ether oxygens (including phenoxy) is 2. The van der Waals surface area contributed by atoms with Crippen molar-refractivity contribution in [3.63, 3.8) is 0 Å². The van der Waals surface area contributed by atoms with Crippen molar-refractivity contribution >= 4 is 10.9 Å². The highest BCUT2D eigenvalue weighted by atomic mass is 16.5. The van der Waals surface area contributed by atoms with Crippen LogP contribution in [0, 0.1) is 6.07 Å². The van der Waals surface area contributed by atoms with E-state index in [1.165, 1.54) is 0 Å². The summed E-state index contributed by atoms with van der Waals surface area (Å²) in [6, 6.07) is 20.0. The van der Waals surface area contributed by atoms with E-state index in [9.17, 15) is 0 Å². The summed E-state index contributed by atoms with van der Waals surface area (Å²) in [6.45, 7) is 0. The highest BCUT2D eigenvalue weighted by Gasteiger charge is 2.05. The normalized spacial score (nSPS) is 10.4. The van der Waals surface area contributed by atoms with Crippen LogP contribution >= 0.6 is 0 Å². The number of hydrogen-bond donors (Lipinski definition) is 0. The highest BCUT2D eigenvalue weighted by Crippen LogP contribution is 2.30. The topological polar surface area (TPSA) is 31.4 Å². The summed E-state index contributed by atoms with van der Waals surface area (Å²) in [7, 11) is 1.62. The Bertz CT molecular complexity index is 710. The van der Waals surface area contributed by atoms with E-state index in [0.29, 0.717) is 17.4 Å². The SMILES string of the molecule is COc1ccccc1Oc1ccc2c[c]ccc2n1. The molecule has 0 fully saturated rings. The lowest BCUT2D eigenvalue weighted by atomic mass is 10.2. The molecule has 0 N–H and O–H groups in total. The molecule has 3 aromatic rings. The number of aromatic nitrogens is 1. The van der Waals surface area contributed by atoms with Crippen LogP contribution in [0.25, 0.3) is 10.9 Å². The van der Waals surface area contributed by atoms with Crippen molar-refractivity contribution in [2.75, 3.05) is 7.11 Å². The number of rotatable bonds is 3. The summed E-state index contributed by atoms with van der Waals surface area (Å²) in [5.41, 5.74) is 0.881. The number of nitrogens with zero attached hydrogens (tertiary/aromatic N) is 1. The van der Waals surface area contributed by atoms with Crippen molar-refractivity contribution in [2.45, 2.75) is 0 Å². The zero-order valence-corrected chi connectivity index (χ0v) is 10.5. The van der Waals surface area contributed by atoms with Gasteiger partial charge in [-0.05, 0) is 36.4 Å². The van der Waals surface area contributed by atoms with Crippen LogP contribution in [0.3, 0.4) is 0 Å². The zero-order valence-electron chi connectivity index (χ0n) is 10.5. The van der Waals surface area contributed by atoms with Gasteiger partial charge in [-0.2, -0.15) is 0 Å². The molecule has 1 radical (unpaired) electrons. The second-order valence-electron chi connectivity index (χ2n) is 4.02. The molecule has 0 atom stereocenters. The van der Waals surface area contributed by atoms with Gasteiger partial charge in [-0.1, -0.05) is 18.2 Å². The van der Waals surface area contributed by atoms with Gasteiger partial charge < -0.3 is 9.47 Å². The maximum absolute atomic E-state index is 5.76. The Morgan fingerprint density at radius 2 is 1.84 bits per heavy atom. The van der Waals surface area contributed by atoms with Gasteiger partial charge in [0.1, 0.15) is 0 Å². The molecule has 0 saturated carbocycles. The van der Waals surface area contributed by atoms with Crippen LogP contribution in [0.5, 0.6) is 17.4 Å². The lowest BCUT2D eigenvalue weighted by Gasteiger charge is -2.09. The molecule has 1 aromatic heterocycles. The van der Waals surface area contributed by atoms with E-state index in [0.717, 1.165) is 10.9 Å². The Morgan fingerprint density at radius 1 is 1.00 bits per heavy atom. The Morgan fingerprint density at radius 3 is 2.68 bits per heavy atom. The number of para-hydroxylation sites is 2. The first-order valence-electron chi connectivity index (χ1n) is 5.94. The largest absolute Gasteiger partial charge is 0.493 e. The van der Waals surface area contributed by atoms with Crippen LogP contribution < -0.4 is 9.47 Å². The molecule has 19 heavy (non-hydrogen) atoms. The maximum Gasteiger partial charge on any atom is 0.219 e. The summed E-state index contributed by atoms with van der Waals surface area (Å²) >= 11 is 0. The van der Waals surface area contributed by atoms with Crippen LogP contribution in [-0.2, 0) is 0 Å². The molecule has 3 nitrogen and oxygen atoms in total. The average molecular weight is 250 g/mol. The van der Waals surface area contributed by atoms with E-state index >= 15 is 0 Å². The Balaban J connectivity index is 1.96. The maximum atomic E-state index is 5.76. The van der Waals surface area contributed by atoms with E-state index in [-0.39, 0.29) is 0 Å². The minimum atomic E-state index is 0.545. The summed E-state index contributed by atoms with van der Waals surface area (Å²) < 4.78 is 11.0. The number of methoxy groups -OCH3 is 1. The predicted molar refractivity (Wildman–Crippen MR) is 73.6 cm³/mol. The molecule has 0 amide bonds. The van der Waals surface area contributed by atoms with E-state index in [4.69, 9.17) is 9.47 Å². The molecule has 0 bridgehead atoms. The number of benzene rings is 2. The van der Waals surface area contributed by atoms with Gasteiger partial charge in [-0.25, -0.2) is 4.98 Å². The van der Waals surface area contributed by atoms with Crippen molar-refractivity contribution in [2.24, 2.45) is 0 Å². The van der Waals surface area contributed by atoms with Gasteiger partial charge in [0.05, 0.1) is 12.6 Å². The van der Waals surface area contributed by atoms with Gasteiger partial charge >= 0.3 is 0 Å². The molecule has 3 rings (SSSR count). The second kappa shape index (κ2) is 4.98. The number of pyridine rings is 1. The van der Waals surface area contributed by atoms with Crippen LogP contribution in [-0.4, -0.2) is 12.1 Å². The second-order valence-corrected chi connectivity index (χ2v) is 4.02. The molecule has 0 spiro atoms. The number of fused-ring (bicyclic) bond motifs is 1. The highest BCUT2D eigenvalue weighted by molar-refractivity contribution is 5.78. The summed E-state index contributed by atoms with van der Waals surface area (Å²) in [5, 5.41) is 1.04. The standard InChI is InChI=1S/C16H12NO2/c1-18-14-8-4-5-9-15(14)19-16-11-10-12-6-2-3-7-13(12)17-16/h3-11H,1H3. The van der Waals surface area contributed by atoms with Gasteiger partial charge in [0.25, 0.3) is 0 Å². The summed E-state index contributed by atoms with van der Waals surface area (Å²) in [6.07, 6.45) is 0. The average Bonchev–Trinajstić information content (AvgIpc) is 2.48.